The molecule has 0 aliphatic heterocycles. The number of hydrogen-bond donors (Lipinski definition) is 2. The molecule has 4 aromatic rings. The van der Waals surface area contributed by atoms with Crippen LogP contribution >= 0.6 is 0 Å². The Kier molecular flexibility index (Phi) is 5.57. The molecule has 0 fully saturated rings. The number of hydrogen-bond acceptors (Lipinski definition) is 4. The maximum Gasteiger partial charge on any atom is 0.290 e. The van der Waals surface area contributed by atoms with Crippen molar-refractivity contribution in [3.8, 4) is 5.69 Å². The van der Waals surface area contributed by atoms with Gasteiger partial charge in [0.15, 0.2) is 5.69 Å². The molecule has 7 heteroatoms. The Labute approximate surface area is 178 Å². The quantitative estimate of drug-likeness (QED) is 0.504. The van der Waals surface area contributed by atoms with E-state index in [9.17, 15) is 14.4 Å². The largest absolute Gasteiger partial charge is 0.290 e. The molecule has 0 bridgehead atoms. The van der Waals surface area contributed by atoms with E-state index in [0.29, 0.717) is 22.0 Å². The van der Waals surface area contributed by atoms with Gasteiger partial charge in [0.1, 0.15) is 0 Å². The van der Waals surface area contributed by atoms with Gasteiger partial charge < -0.3 is 0 Å². The van der Waals surface area contributed by atoms with Gasteiger partial charge in [-0.25, -0.2) is 0 Å². The summed E-state index contributed by atoms with van der Waals surface area (Å²) in [4.78, 5) is 38.2. The van der Waals surface area contributed by atoms with Crippen molar-refractivity contribution < 1.29 is 9.59 Å². The predicted molar refractivity (Wildman–Crippen MR) is 118 cm³/mol. The Morgan fingerprint density at radius 2 is 1.42 bits per heavy atom. The standard InChI is InChI=1S/C24H20N4O3/c1-2-16-12-14-17(15-13-16)22(29)25-26-23(30)21-19-10-6-7-11-20(19)24(31)28(27-21)18-8-4-3-5-9-18/h3-15H,2H2,1H3,(H,25,29)(H,26,30). The number of amides is 2. The van der Waals surface area contributed by atoms with Crippen LogP contribution in [0.4, 0.5) is 0 Å². The van der Waals surface area contributed by atoms with Gasteiger partial charge in [-0.3, -0.25) is 25.2 Å². The van der Waals surface area contributed by atoms with Crippen LogP contribution in [0.1, 0.15) is 33.3 Å². The first-order valence-corrected chi connectivity index (χ1v) is 9.85. The van der Waals surface area contributed by atoms with E-state index in [2.05, 4.69) is 16.0 Å². The molecule has 154 valence electrons. The zero-order chi connectivity index (χ0) is 21.8. The number of para-hydroxylation sites is 1. The number of rotatable bonds is 4. The number of benzene rings is 3. The summed E-state index contributed by atoms with van der Waals surface area (Å²) >= 11 is 0. The van der Waals surface area contributed by atoms with Gasteiger partial charge in [-0.1, -0.05) is 55.5 Å². The molecule has 7 nitrogen and oxygen atoms in total. The monoisotopic (exact) mass is 412 g/mol. The smallest absolute Gasteiger partial charge is 0.267 e. The predicted octanol–water partition coefficient (Wildman–Crippen LogP) is 3.02. The molecular weight excluding hydrogens is 392 g/mol. The zero-order valence-corrected chi connectivity index (χ0v) is 16.8. The highest BCUT2D eigenvalue weighted by Gasteiger charge is 2.18. The van der Waals surface area contributed by atoms with Crippen molar-refractivity contribution in [3.63, 3.8) is 0 Å². The third-order valence-electron chi connectivity index (χ3n) is 4.93. The number of carbonyl (C=O) groups excluding carboxylic acids is 2. The zero-order valence-electron chi connectivity index (χ0n) is 16.8. The average molecular weight is 412 g/mol. The lowest BCUT2D eigenvalue weighted by atomic mass is 10.1. The number of aromatic nitrogens is 2. The SMILES string of the molecule is CCc1ccc(C(=O)NNC(=O)c2nn(-c3ccccc3)c(=O)c3ccccc23)cc1. The fourth-order valence-corrected chi connectivity index (χ4v) is 3.24. The van der Waals surface area contributed by atoms with Crippen molar-refractivity contribution in [2.75, 3.05) is 0 Å². The third-order valence-corrected chi connectivity index (χ3v) is 4.93. The first kappa shape index (κ1) is 20.0. The summed E-state index contributed by atoms with van der Waals surface area (Å²) in [6, 6.07) is 22.7. The van der Waals surface area contributed by atoms with Gasteiger partial charge in [0.25, 0.3) is 17.4 Å². The molecule has 1 heterocycles. The van der Waals surface area contributed by atoms with Crippen molar-refractivity contribution >= 4 is 22.6 Å². The second kappa shape index (κ2) is 8.62. The van der Waals surface area contributed by atoms with Gasteiger partial charge in [-0.05, 0) is 42.3 Å². The molecular formula is C24H20N4O3. The summed E-state index contributed by atoms with van der Waals surface area (Å²) in [7, 11) is 0. The minimum absolute atomic E-state index is 0.0284. The van der Waals surface area contributed by atoms with Crippen LogP contribution in [0.2, 0.25) is 0 Å². The summed E-state index contributed by atoms with van der Waals surface area (Å²) < 4.78 is 1.18. The Morgan fingerprint density at radius 3 is 2.10 bits per heavy atom. The second-order valence-electron chi connectivity index (χ2n) is 6.91. The molecule has 4 rings (SSSR count). The molecule has 0 aliphatic carbocycles. The lowest BCUT2D eigenvalue weighted by molar-refractivity contribution is 0.0844. The van der Waals surface area contributed by atoms with Gasteiger partial charge in [0.05, 0.1) is 11.1 Å². The van der Waals surface area contributed by atoms with Crippen LogP contribution in [0.3, 0.4) is 0 Å². The molecule has 0 atom stereocenters. The van der Waals surface area contributed by atoms with E-state index in [-0.39, 0.29) is 11.3 Å². The summed E-state index contributed by atoms with van der Waals surface area (Å²) in [5.74, 6) is -1.07. The van der Waals surface area contributed by atoms with Crippen LogP contribution in [0, 0.1) is 0 Å². The summed E-state index contributed by atoms with van der Waals surface area (Å²) in [5, 5.41) is 5.04. The Balaban J connectivity index is 1.65. The molecule has 0 radical (unpaired) electrons. The Morgan fingerprint density at radius 1 is 0.806 bits per heavy atom. The van der Waals surface area contributed by atoms with Gasteiger partial charge >= 0.3 is 0 Å². The van der Waals surface area contributed by atoms with E-state index in [4.69, 9.17) is 0 Å². The Bertz CT molecular complexity index is 1310. The molecule has 0 saturated carbocycles. The fraction of sp³-hybridized carbons (Fsp3) is 0.0833. The molecule has 2 N–H and O–H groups in total. The van der Waals surface area contributed by atoms with Crippen LogP contribution in [0.15, 0.2) is 83.7 Å². The molecule has 2 amide bonds. The van der Waals surface area contributed by atoms with Crippen molar-refractivity contribution in [1.29, 1.82) is 0 Å². The number of hydrazine groups is 1. The van der Waals surface area contributed by atoms with E-state index >= 15 is 0 Å². The van der Waals surface area contributed by atoms with E-state index in [1.165, 1.54) is 4.68 Å². The first-order valence-electron chi connectivity index (χ1n) is 9.85. The topological polar surface area (TPSA) is 93.1 Å². The van der Waals surface area contributed by atoms with E-state index in [0.717, 1.165) is 12.0 Å². The maximum atomic E-state index is 12.9. The number of nitrogens with zero attached hydrogens (tertiary/aromatic N) is 2. The van der Waals surface area contributed by atoms with E-state index < -0.39 is 11.8 Å². The minimum atomic E-state index is -0.626. The summed E-state index contributed by atoms with van der Waals surface area (Å²) in [6.07, 6.45) is 0.870. The fourth-order valence-electron chi connectivity index (χ4n) is 3.24. The highest BCUT2D eigenvalue weighted by Crippen LogP contribution is 2.15. The number of aryl methyl sites for hydroxylation is 1. The molecule has 0 unspecified atom stereocenters. The molecule has 0 aliphatic rings. The van der Waals surface area contributed by atoms with E-state index in [1.807, 2.05) is 25.1 Å². The summed E-state index contributed by atoms with van der Waals surface area (Å²) in [5.41, 5.74) is 6.57. The van der Waals surface area contributed by atoms with Crippen LogP contribution in [0.5, 0.6) is 0 Å². The lowest BCUT2D eigenvalue weighted by Gasteiger charge is -2.12. The molecule has 31 heavy (non-hydrogen) atoms. The third kappa shape index (κ3) is 4.06. The average Bonchev–Trinajstić information content (AvgIpc) is 2.83. The molecule has 0 saturated heterocycles. The van der Waals surface area contributed by atoms with E-state index in [1.54, 1.807) is 60.7 Å². The number of fused-ring (bicyclic) bond motifs is 1. The number of carbonyl (C=O) groups is 2. The van der Waals surface area contributed by atoms with Crippen molar-refractivity contribution in [2.45, 2.75) is 13.3 Å². The van der Waals surface area contributed by atoms with Crippen LogP contribution in [-0.4, -0.2) is 21.6 Å². The molecule has 1 aromatic heterocycles. The van der Waals surface area contributed by atoms with Crippen LogP contribution in [0.25, 0.3) is 16.5 Å². The van der Waals surface area contributed by atoms with Gasteiger partial charge in [0.2, 0.25) is 0 Å². The van der Waals surface area contributed by atoms with Gasteiger partial charge in [-0.2, -0.15) is 9.78 Å². The van der Waals surface area contributed by atoms with Gasteiger partial charge in [-0.15, -0.1) is 0 Å². The van der Waals surface area contributed by atoms with Gasteiger partial charge in [0, 0.05) is 10.9 Å². The van der Waals surface area contributed by atoms with Crippen LogP contribution in [-0.2, 0) is 6.42 Å². The Hall–Kier alpha value is -4.26. The second-order valence-corrected chi connectivity index (χ2v) is 6.91. The number of nitrogens with one attached hydrogen (secondary N) is 2. The van der Waals surface area contributed by atoms with Crippen molar-refractivity contribution in [3.05, 3.63) is 106 Å². The highest BCUT2D eigenvalue weighted by molar-refractivity contribution is 6.06. The lowest BCUT2D eigenvalue weighted by Crippen LogP contribution is -2.42. The van der Waals surface area contributed by atoms with Crippen molar-refractivity contribution in [2.24, 2.45) is 0 Å². The first-order chi connectivity index (χ1) is 15.1. The molecule has 0 spiro atoms. The maximum absolute atomic E-state index is 12.9. The molecule has 3 aromatic carbocycles. The minimum Gasteiger partial charge on any atom is -0.267 e. The highest BCUT2D eigenvalue weighted by atomic mass is 16.2. The normalized spacial score (nSPS) is 10.6. The summed E-state index contributed by atoms with van der Waals surface area (Å²) in [6.45, 7) is 2.03. The van der Waals surface area contributed by atoms with Crippen LogP contribution < -0.4 is 16.4 Å². The van der Waals surface area contributed by atoms with Crippen molar-refractivity contribution in [1.82, 2.24) is 20.6 Å².